The van der Waals surface area contributed by atoms with Crippen LogP contribution in [0.1, 0.15) is 23.6 Å². The monoisotopic (exact) mass is 314 g/mol. The predicted molar refractivity (Wildman–Crippen MR) is 80.0 cm³/mol. The van der Waals surface area contributed by atoms with Gasteiger partial charge in [0, 0.05) is 32.2 Å². The van der Waals surface area contributed by atoms with Crippen molar-refractivity contribution in [2.75, 3.05) is 33.3 Å². The molecule has 0 unspecified atom stereocenters. The summed E-state index contributed by atoms with van der Waals surface area (Å²) in [5.41, 5.74) is -0.340. The molecule has 1 aromatic carbocycles. The van der Waals surface area contributed by atoms with Crippen molar-refractivity contribution in [3.63, 3.8) is 0 Å². The molecule has 0 spiro atoms. The van der Waals surface area contributed by atoms with E-state index in [-0.39, 0.29) is 17.4 Å². The lowest BCUT2D eigenvalue weighted by molar-refractivity contribution is -0.139. The molecule has 1 fully saturated rings. The highest BCUT2D eigenvalue weighted by Gasteiger charge is 2.37. The van der Waals surface area contributed by atoms with Crippen molar-refractivity contribution in [1.82, 2.24) is 10.2 Å². The fourth-order valence-corrected chi connectivity index (χ4v) is 2.82. The number of nitrogens with one attached hydrogen (secondary N) is 1. The summed E-state index contributed by atoms with van der Waals surface area (Å²) >= 11 is 0. The lowest BCUT2D eigenvalue weighted by atomic mass is 9.95. The van der Waals surface area contributed by atoms with Gasteiger partial charge in [0.25, 0.3) is 0 Å². The number of ether oxygens (including phenoxy) is 1. The van der Waals surface area contributed by atoms with Gasteiger partial charge in [-0.05, 0) is 24.1 Å². The number of piperazine rings is 1. The Morgan fingerprint density at radius 2 is 2.05 bits per heavy atom. The van der Waals surface area contributed by atoms with Crippen molar-refractivity contribution in [3.8, 4) is 5.75 Å². The summed E-state index contributed by atoms with van der Waals surface area (Å²) in [4.78, 5) is 2.08. The molecule has 1 N–H and O–H groups in total. The van der Waals surface area contributed by atoms with Crippen LogP contribution in [0.15, 0.2) is 30.9 Å². The Kier molecular flexibility index (Phi) is 5.47. The highest BCUT2D eigenvalue weighted by Crippen LogP contribution is 2.39. The number of rotatable bonds is 5. The molecule has 3 nitrogen and oxygen atoms in total. The molecule has 1 aliphatic heterocycles. The Hall–Kier alpha value is -1.53. The maximum absolute atomic E-state index is 13.4. The van der Waals surface area contributed by atoms with Crippen molar-refractivity contribution in [2.45, 2.75) is 18.6 Å². The van der Waals surface area contributed by atoms with E-state index in [2.05, 4.69) is 16.8 Å². The molecule has 1 heterocycles. The molecule has 1 aromatic rings. The molecule has 0 aliphatic carbocycles. The van der Waals surface area contributed by atoms with Crippen LogP contribution >= 0.6 is 0 Å². The topological polar surface area (TPSA) is 24.5 Å². The van der Waals surface area contributed by atoms with Crippen LogP contribution in [0.3, 0.4) is 0 Å². The van der Waals surface area contributed by atoms with Crippen LogP contribution in [0, 0.1) is 0 Å². The summed E-state index contributed by atoms with van der Waals surface area (Å²) in [6, 6.07) is 3.87. The number of hydrogen-bond donors (Lipinski definition) is 1. The Bertz CT molecular complexity index is 511. The fourth-order valence-electron chi connectivity index (χ4n) is 2.82. The molecule has 122 valence electrons. The van der Waals surface area contributed by atoms with Crippen LogP contribution in [0.2, 0.25) is 0 Å². The molecule has 0 aromatic heterocycles. The zero-order valence-electron chi connectivity index (χ0n) is 12.6. The maximum atomic E-state index is 13.4. The second-order valence-electron chi connectivity index (χ2n) is 5.28. The lowest BCUT2D eigenvalue weighted by Crippen LogP contribution is -2.45. The van der Waals surface area contributed by atoms with E-state index in [0.717, 1.165) is 32.2 Å². The minimum absolute atomic E-state index is 0.216. The molecular weight excluding hydrogens is 293 g/mol. The number of benzene rings is 1. The lowest BCUT2D eigenvalue weighted by Gasteiger charge is -2.36. The van der Waals surface area contributed by atoms with E-state index in [1.54, 1.807) is 12.1 Å². The number of nitrogens with zero attached hydrogens (tertiary/aromatic N) is 1. The molecule has 0 amide bonds. The largest absolute Gasteiger partial charge is 0.497 e. The van der Waals surface area contributed by atoms with Crippen molar-refractivity contribution >= 4 is 0 Å². The average molecular weight is 314 g/mol. The van der Waals surface area contributed by atoms with Gasteiger partial charge in [-0.25, -0.2) is 0 Å². The summed E-state index contributed by atoms with van der Waals surface area (Å²) in [6.07, 6.45) is -2.25. The molecule has 1 saturated heterocycles. The van der Waals surface area contributed by atoms with Gasteiger partial charge in [0.2, 0.25) is 0 Å². The van der Waals surface area contributed by atoms with E-state index in [4.69, 9.17) is 4.74 Å². The summed E-state index contributed by atoms with van der Waals surface area (Å²) in [6.45, 7) is 6.71. The van der Waals surface area contributed by atoms with E-state index >= 15 is 0 Å². The standard InChI is InChI=1S/C16H21F3N2O/c1-3-4-15(21-9-7-20-8-10-21)13-6-5-12(22-2)11-14(13)16(17,18)19/h3,5-6,11,15,20H,1,4,7-10H2,2H3/t15-/m0/s1. The van der Waals surface area contributed by atoms with Crippen molar-refractivity contribution in [3.05, 3.63) is 42.0 Å². The highest BCUT2D eigenvalue weighted by molar-refractivity contribution is 5.39. The van der Waals surface area contributed by atoms with Crippen LogP contribution in [-0.2, 0) is 6.18 Å². The molecule has 0 bridgehead atoms. The molecule has 2 rings (SSSR count). The Labute approximate surface area is 128 Å². The third kappa shape index (κ3) is 3.81. The quantitative estimate of drug-likeness (QED) is 0.845. The Morgan fingerprint density at radius 1 is 1.36 bits per heavy atom. The highest BCUT2D eigenvalue weighted by atomic mass is 19.4. The van der Waals surface area contributed by atoms with Gasteiger partial charge in [0.05, 0.1) is 12.7 Å². The number of alkyl halides is 3. The normalized spacial score (nSPS) is 18.0. The first-order chi connectivity index (χ1) is 10.5. The molecule has 0 radical (unpaired) electrons. The number of hydrogen-bond acceptors (Lipinski definition) is 3. The second-order valence-corrected chi connectivity index (χ2v) is 5.28. The third-order valence-corrected chi connectivity index (χ3v) is 3.91. The summed E-state index contributed by atoms with van der Waals surface area (Å²) in [7, 11) is 1.37. The van der Waals surface area contributed by atoms with Crippen molar-refractivity contribution < 1.29 is 17.9 Å². The van der Waals surface area contributed by atoms with E-state index in [1.165, 1.54) is 13.2 Å². The van der Waals surface area contributed by atoms with Gasteiger partial charge in [0.15, 0.2) is 0 Å². The first-order valence-electron chi connectivity index (χ1n) is 7.28. The minimum atomic E-state index is -4.41. The molecule has 6 heteroatoms. The second kappa shape index (κ2) is 7.15. The smallest absolute Gasteiger partial charge is 0.416 e. The average Bonchev–Trinajstić information content (AvgIpc) is 2.52. The van der Waals surface area contributed by atoms with Gasteiger partial charge in [-0.1, -0.05) is 12.1 Å². The van der Waals surface area contributed by atoms with Gasteiger partial charge in [-0.3, -0.25) is 4.90 Å². The van der Waals surface area contributed by atoms with Crippen molar-refractivity contribution in [1.29, 1.82) is 0 Å². The van der Waals surface area contributed by atoms with E-state index in [0.29, 0.717) is 6.42 Å². The molecule has 0 saturated carbocycles. The fraction of sp³-hybridized carbons (Fsp3) is 0.500. The first kappa shape index (κ1) is 16.8. The number of halogens is 3. The molecule has 1 atom stereocenters. The van der Waals surface area contributed by atoms with Crippen LogP contribution < -0.4 is 10.1 Å². The van der Waals surface area contributed by atoms with Gasteiger partial charge >= 0.3 is 6.18 Å². The third-order valence-electron chi connectivity index (χ3n) is 3.91. The van der Waals surface area contributed by atoms with Gasteiger partial charge < -0.3 is 10.1 Å². The SMILES string of the molecule is C=CC[C@@H](c1ccc(OC)cc1C(F)(F)F)N1CCNCC1. The Morgan fingerprint density at radius 3 is 2.59 bits per heavy atom. The Balaban J connectivity index is 2.43. The summed E-state index contributed by atoms with van der Waals surface area (Å²) < 4.78 is 45.2. The minimum Gasteiger partial charge on any atom is -0.497 e. The van der Waals surface area contributed by atoms with Crippen LogP contribution in [-0.4, -0.2) is 38.2 Å². The molecule has 1 aliphatic rings. The van der Waals surface area contributed by atoms with Crippen LogP contribution in [0.25, 0.3) is 0 Å². The van der Waals surface area contributed by atoms with Gasteiger partial charge in [0.1, 0.15) is 5.75 Å². The van der Waals surface area contributed by atoms with Crippen molar-refractivity contribution in [2.24, 2.45) is 0 Å². The van der Waals surface area contributed by atoms with E-state index in [1.807, 2.05) is 0 Å². The maximum Gasteiger partial charge on any atom is 0.416 e. The molecule has 22 heavy (non-hydrogen) atoms. The van der Waals surface area contributed by atoms with Crippen LogP contribution in [0.5, 0.6) is 5.75 Å². The van der Waals surface area contributed by atoms with Crippen LogP contribution in [0.4, 0.5) is 13.2 Å². The molecular formula is C16H21F3N2O. The first-order valence-corrected chi connectivity index (χ1v) is 7.28. The van der Waals surface area contributed by atoms with Gasteiger partial charge in [-0.15, -0.1) is 6.58 Å². The van der Waals surface area contributed by atoms with Gasteiger partial charge in [-0.2, -0.15) is 13.2 Å². The summed E-state index contributed by atoms with van der Waals surface area (Å²) in [5.74, 6) is 0.216. The number of methoxy groups -OCH3 is 1. The van der Waals surface area contributed by atoms with E-state index < -0.39 is 11.7 Å². The predicted octanol–water partition coefficient (Wildman–Crippen LogP) is 3.24. The van der Waals surface area contributed by atoms with E-state index in [9.17, 15) is 13.2 Å². The summed E-state index contributed by atoms with van der Waals surface area (Å²) in [5, 5.41) is 3.22. The zero-order chi connectivity index (χ0) is 16.2. The zero-order valence-corrected chi connectivity index (χ0v) is 12.6.